The van der Waals surface area contributed by atoms with E-state index in [2.05, 4.69) is 31.1 Å². The number of hydrogen-bond donors (Lipinski definition) is 2. The standard InChI is InChI=1S/C8H10BrN3O2S/c9-6-5(7(13)14)15-8(11-6)12-3-1-10-2-4-12/h10H,1-4H2,(H,13,14). The third-order valence-corrected chi connectivity index (χ3v) is 4.10. The van der Waals surface area contributed by atoms with Crippen molar-refractivity contribution in [2.45, 2.75) is 0 Å². The Morgan fingerprint density at radius 1 is 1.53 bits per heavy atom. The summed E-state index contributed by atoms with van der Waals surface area (Å²) in [6.45, 7) is 3.58. The number of hydrogen-bond acceptors (Lipinski definition) is 5. The molecular formula is C8H10BrN3O2S. The number of nitrogens with one attached hydrogen (secondary N) is 1. The van der Waals surface area contributed by atoms with Crippen molar-refractivity contribution in [3.8, 4) is 0 Å². The molecular weight excluding hydrogens is 282 g/mol. The van der Waals surface area contributed by atoms with Crippen LogP contribution >= 0.6 is 27.3 Å². The van der Waals surface area contributed by atoms with Crippen molar-refractivity contribution in [2.24, 2.45) is 0 Å². The highest BCUT2D eigenvalue weighted by Gasteiger charge is 2.20. The summed E-state index contributed by atoms with van der Waals surface area (Å²) >= 11 is 4.38. The zero-order valence-corrected chi connectivity index (χ0v) is 10.3. The fourth-order valence-corrected chi connectivity index (χ4v) is 2.96. The SMILES string of the molecule is O=C(O)c1sc(N2CCNCC2)nc1Br. The molecule has 0 radical (unpaired) electrons. The molecule has 5 nitrogen and oxygen atoms in total. The number of carbonyl (C=O) groups is 1. The second-order valence-corrected chi connectivity index (χ2v) is 4.89. The van der Waals surface area contributed by atoms with Crippen molar-refractivity contribution in [1.29, 1.82) is 0 Å². The highest BCUT2D eigenvalue weighted by molar-refractivity contribution is 9.10. The lowest BCUT2D eigenvalue weighted by Crippen LogP contribution is -2.43. The molecule has 1 fully saturated rings. The first-order valence-corrected chi connectivity index (χ1v) is 6.14. The Kier molecular flexibility index (Phi) is 3.22. The van der Waals surface area contributed by atoms with Crippen LogP contribution in [0.2, 0.25) is 0 Å². The van der Waals surface area contributed by atoms with E-state index in [4.69, 9.17) is 5.11 Å². The molecule has 82 valence electrons. The molecule has 2 N–H and O–H groups in total. The second-order valence-electron chi connectivity index (χ2n) is 3.16. The fraction of sp³-hybridized carbons (Fsp3) is 0.500. The Bertz CT molecular complexity index is 376. The summed E-state index contributed by atoms with van der Waals surface area (Å²) in [4.78, 5) is 17.4. The minimum atomic E-state index is -0.930. The van der Waals surface area contributed by atoms with Gasteiger partial charge in [-0.1, -0.05) is 11.3 Å². The molecule has 0 aromatic carbocycles. The molecule has 0 bridgehead atoms. The minimum absolute atomic E-state index is 0.267. The van der Waals surface area contributed by atoms with Gasteiger partial charge in [-0.2, -0.15) is 0 Å². The predicted molar refractivity (Wildman–Crippen MR) is 61.9 cm³/mol. The first-order valence-electron chi connectivity index (χ1n) is 4.54. The molecule has 1 aromatic heterocycles. The van der Waals surface area contributed by atoms with E-state index >= 15 is 0 Å². The van der Waals surface area contributed by atoms with Crippen LogP contribution < -0.4 is 10.2 Å². The van der Waals surface area contributed by atoms with Crippen molar-refractivity contribution < 1.29 is 9.90 Å². The van der Waals surface area contributed by atoms with Gasteiger partial charge in [0.05, 0.1) is 0 Å². The van der Waals surface area contributed by atoms with Gasteiger partial charge in [-0.25, -0.2) is 9.78 Å². The van der Waals surface area contributed by atoms with Crippen LogP contribution in [0.25, 0.3) is 0 Å². The van der Waals surface area contributed by atoms with Gasteiger partial charge in [0, 0.05) is 26.2 Å². The Balaban J connectivity index is 2.21. The zero-order chi connectivity index (χ0) is 10.8. The number of carboxylic acid groups (broad SMARTS) is 1. The van der Waals surface area contributed by atoms with E-state index in [1.165, 1.54) is 11.3 Å². The molecule has 7 heteroatoms. The van der Waals surface area contributed by atoms with Crippen LogP contribution in [0.15, 0.2) is 4.60 Å². The van der Waals surface area contributed by atoms with Gasteiger partial charge in [0.2, 0.25) is 0 Å². The van der Waals surface area contributed by atoms with Gasteiger partial charge in [0.15, 0.2) is 5.13 Å². The fourth-order valence-electron chi connectivity index (χ4n) is 1.41. The Morgan fingerprint density at radius 2 is 2.20 bits per heavy atom. The van der Waals surface area contributed by atoms with Crippen molar-refractivity contribution in [2.75, 3.05) is 31.1 Å². The van der Waals surface area contributed by atoms with Gasteiger partial charge >= 0.3 is 5.97 Å². The average Bonchev–Trinajstić information content (AvgIpc) is 2.62. The summed E-state index contributed by atoms with van der Waals surface area (Å²) in [6.07, 6.45) is 0. The summed E-state index contributed by atoms with van der Waals surface area (Å²) in [6, 6.07) is 0. The summed E-state index contributed by atoms with van der Waals surface area (Å²) < 4.78 is 0.425. The number of nitrogens with zero attached hydrogens (tertiary/aromatic N) is 2. The molecule has 1 saturated heterocycles. The van der Waals surface area contributed by atoms with Crippen LogP contribution in [0.1, 0.15) is 9.67 Å². The van der Waals surface area contributed by atoms with Crippen molar-refractivity contribution in [1.82, 2.24) is 10.3 Å². The summed E-state index contributed by atoms with van der Waals surface area (Å²) in [5.74, 6) is -0.930. The van der Waals surface area contributed by atoms with E-state index in [0.29, 0.717) is 4.60 Å². The molecule has 0 atom stereocenters. The van der Waals surface area contributed by atoms with Gasteiger partial charge in [-0.05, 0) is 15.9 Å². The Hall–Kier alpha value is -0.660. The maximum Gasteiger partial charge on any atom is 0.348 e. The smallest absolute Gasteiger partial charge is 0.348 e. The van der Waals surface area contributed by atoms with E-state index < -0.39 is 5.97 Å². The highest BCUT2D eigenvalue weighted by Crippen LogP contribution is 2.29. The van der Waals surface area contributed by atoms with E-state index in [1.807, 2.05) is 0 Å². The molecule has 15 heavy (non-hydrogen) atoms. The lowest BCUT2D eigenvalue weighted by atomic mass is 10.4. The largest absolute Gasteiger partial charge is 0.477 e. The predicted octanol–water partition coefficient (Wildman–Crippen LogP) is 1.01. The molecule has 1 aliphatic rings. The normalized spacial score (nSPS) is 16.7. The van der Waals surface area contributed by atoms with Gasteiger partial charge in [0.25, 0.3) is 0 Å². The number of halogens is 1. The van der Waals surface area contributed by atoms with Crippen LogP contribution in [-0.2, 0) is 0 Å². The van der Waals surface area contributed by atoms with Crippen LogP contribution in [0, 0.1) is 0 Å². The monoisotopic (exact) mass is 291 g/mol. The van der Waals surface area contributed by atoms with Gasteiger partial charge in [-0.3, -0.25) is 0 Å². The lowest BCUT2D eigenvalue weighted by molar-refractivity contribution is 0.0701. The molecule has 0 spiro atoms. The molecule has 1 aromatic rings. The van der Waals surface area contributed by atoms with Crippen molar-refractivity contribution in [3.05, 3.63) is 9.48 Å². The molecule has 1 aliphatic heterocycles. The molecule has 0 unspecified atom stereocenters. The van der Waals surface area contributed by atoms with Crippen LogP contribution in [0.5, 0.6) is 0 Å². The summed E-state index contributed by atoms with van der Waals surface area (Å²) in [5.41, 5.74) is 0. The molecule has 0 amide bonds. The van der Waals surface area contributed by atoms with Crippen molar-refractivity contribution >= 4 is 38.4 Å². The first-order chi connectivity index (χ1) is 7.18. The van der Waals surface area contributed by atoms with E-state index in [-0.39, 0.29) is 4.88 Å². The van der Waals surface area contributed by atoms with Crippen LogP contribution in [0.3, 0.4) is 0 Å². The number of rotatable bonds is 2. The van der Waals surface area contributed by atoms with Gasteiger partial charge < -0.3 is 15.3 Å². The number of piperazine rings is 1. The van der Waals surface area contributed by atoms with E-state index in [0.717, 1.165) is 31.3 Å². The number of aromatic nitrogens is 1. The first kappa shape index (κ1) is 10.8. The Morgan fingerprint density at radius 3 is 2.73 bits per heavy atom. The zero-order valence-electron chi connectivity index (χ0n) is 7.86. The molecule has 2 heterocycles. The Labute approximate surface area is 99.2 Å². The maximum atomic E-state index is 10.8. The summed E-state index contributed by atoms with van der Waals surface area (Å²) in [5, 5.41) is 12.9. The van der Waals surface area contributed by atoms with Crippen molar-refractivity contribution in [3.63, 3.8) is 0 Å². The maximum absolute atomic E-state index is 10.8. The molecule has 0 saturated carbocycles. The van der Waals surface area contributed by atoms with Crippen LogP contribution in [0.4, 0.5) is 5.13 Å². The van der Waals surface area contributed by atoms with E-state index in [9.17, 15) is 4.79 Å². The number of carboxylic acids is 1. The topological polar surface area (TPSA) is 65.5 Å². The van der Waals surface area contributed by atoms with E-state index in [1.54, 1.807) is 0 Å². The average molecular weight is 292 g/mol. The van der Waals surface area contributed by atoms with Crippen LogP contribution in [-0.4, -0.2) is 42.2 Å². The number of anilines is 1. The lowest BCUT2D eigenvalue weighted by Gasteiger charge is -2.26. The van der Waals surface area contributed by atoms with Gasteiger partial charge in [0.1, 0.15) is 9.48 Å². The summed E-state index contributed by atoms with van der Waals surface area (Å²) in [7, 11) is 0. The third kappa shape index (κ3) is 2.30. The molecule has 2 rings (SSSR count). The second kappa shape index (κ2) is 4.46. The third-order valence-electron chi connectivity index (χ3n) is 2.16. The molecule has 0 aliphatic carbocycles. The quantitative estimate of drug-likeness (QED) is 0.852. The number of thiazole rings is 1. The van der Waals surface area contributed by atoms with Gasteiger partial charge in [-0.15, -0.1) is 0 Å². The number of aromatic carboxylic acids is 1. The minimum Gasteiger partial charge on any atom is -0.477 e. The highest BCUT2D eigenvalue weighted by atomic mass is 79.9.